The summed E-state index contributed by atoms with van der Waals surface area (Å²) in [6, 6.07) is 4.75. The monoisotopic (exact) mass is 346 g/mol. The van der Waals surface area contributed by atoms with Gasteiger partial charge in [-0.15, -0.1) is 0 Å². The van der Waals surface area contributed by atoms with Gasteiger partial charge in [0.25, 0.3) is 0 Å². The molecule has 4 nitrogen and oxygen atoms in total. The van der Waals surface area contributed by atoms with Crippen LogP contribution in [0.2, 0.25) is 0 Å². The molecule has 0 unspecified atom stereocenters. The molecule has 0 spiro atoms. The number of hydrogen-bond acceptors (Lipinski definition) is 3. The zero-order valence-corrected chi connectivity index (χ0v) is 13.9. The molecule has 1 aliphatic carbocycles. The summed E-state index contributed by atoms with van der Waals surface area (Å²) in [5.41, 5.74) is 5.91. The predicted molar refractivity (Wildman–Crippen MR) is 80.2 cm³/mol. The van der Waals surface area contributed by atoms with E-state index in [2.05, 4.69) is 48.3 Å². The van der Waals surface area contributed by atoms with Crippen molar-refractivity contribution in [2.75, 3.05) is 5.73 Å². The molecule has 6 heteroatoms. The first-order valence-corrected chi connectivity index (χ1v) is 8.35. The van der Waals surface area contributed by atoms with E-state index in [9.17, 15) is 8.42 Å². The smallest absolute Gasteiger partial charge is 0.242 e. The Labute approximate surface area is 122 Å². The molecule has 0 aliphatic heterocycles. The van der Waals surface area contributed by atoms with Gasteiger partial charge in [0.05, 0.1) is 5.69 Å². The van der Waals surface area contributed by atoms with Gasteiger partial charge in [0.15, 0.2) is 0 Å². The van der Waals surface area contributed by atoms with E-state index in [-0.39, 0.29) is 27.5 Å². The highest BCUT2D eigenvalue weighted by Gasteiger charge is 2.66. The average molecular weight is 347 g/mol. The van der Waals surface area contributed by atoms with Crippen molar-refractivity contribution >= 4 is 31.6 Å². The quantitative estimate of drug-likeness (QED) is 0.826. The van der Waals surface area contributed by atoms with Gasteiger partial charge in [-0.3, -0.25) is 0 Å². The van der Waals surface area contributed by atoms with Crippen LogP contribution in [0.15, 0.2) is 27.6 Å². The van der Waals surface area contributed by atoms with E-state index in [0.717, 1.165) is 0 Å². The number of nitrogens with two attached hydrogens (primary N) is 1. The van der Waals surface area contributed by atoms with Crippen LogP contribution in [0.1, 0.15) is 27.7 Å². The molecule has 0 saturated heterocycles. The molecule has 0 atom stereocenters. The molecule has 19 heavy (non-hydrogen) atoms. The highest BCUT2D eigenvalue weighted by Crippen LogP contribution is 2.63. The van der Waals surface area contributed by atoms with E-state index in [1.165, 1.54) is 6.07 Å². The number of benzene rings is 1. The topological polar surface area (TPSA) is 72.2 Å². The third kappa shape index (κ3) is 2.30. The van der Waals surface area contributed by atoms with Crippen molar-refractivity contribution in [2.24, 2.45) is 10.8 Å². The molecule has 0 amide bonds. The molecule has 1 aromatic carbocycles. The summed E-state index contributed by atoms with van der Waals surface area (Å²) in [5.74, 6) is 0. The van der Waals surface area contributed by atoms with E-state index in [1.807, 2.05) is 0 Å². The van der Waals surface area contributed by atoms with E-state index in [4.69, 9.17) is 5.73 Å². The van der Waals surface area contributed by atoms with Gasteiger partial charge in [-0.1, -0.05) is 43.6 Å². The summed E-state index contributed by atoms with van der Waals surface area (Å²) in [6.45, 7) is 8.24. The second-order valence-corrected chi connectivity index (χ2v) is 8.78. The summed E-state index contributed by atoms with van der Waals surface area (Å²) in [4.78, 5) is 0.125. The first-order chi connectivity index (χ1) is 8.50. The molecule has 106 valence electrons. The van der Waals surface area contributed by atoms with Crippen molar-refractivity contribution in [1.29, 1.82) is 0 Å². The summed E-state index contributed by atoms with van der Waals surface area (Å²) in [5, 5.41) is 0. The number of nitrogens with one attached hydrogen (secondary N) is 1. The van der Waals surface area contributed by atoms with Gasteiger partial charge in [0.1, 0.15) is 4.90 Å². The van der Waals surface area contributed by atoms with Crippen LogP contribution in [0.4, 0.5) is 5.69 Å². The number of nitrogen functional groups attached to an aromatic ring is 1. The lowest BCUT2D eigenvalue weighted by molar-refractivity contribution is 0.457. The van der Waals surface area contributed by atoms with Gasteiger partial charge in [0.2, 0.25) is 10.0 Å². The number of rotatable bonds is 3. The first kappa shape index (κ1) is 14.8. The molecule has 1 aliphatic rings. The maximum absolute atomic E-state index is 12.4. The van der Waals surface area contributed by atoms with Gasteiger partial charge < -0.3 is 5.73 Å². The number of anilines is 1. The van der Waals surface area contributed by atoms with Gasteiger partial charge >= 0.3 is 0 Å². The molecule has 2 rings (SSSR count). The minimum absolute atomic E-state index is 0.0547. The second kappa shape index (κ2) is 4.20. The van der Waals surface area contributed by atoms with Crippen molar-refractivity contribution in [3.8, 4) is 0 Å². The van der Waals surface area contributed by atoms with Crippen molar-refractivity contribution in [3.63, 3.8) is 0 Å². The molecule has 0 aromatic heterocycles. The third-order valence-corrected chi connectivity index (χ3v) is 6.53. The number of halogens is 1. The van der Waals surface area contributed by atoms with Crippen LogP contribution in [0.25, 0.3) is 0 Å². The SMILES string of the molecule is CC1(C)C(NS(=O)(=O)c2cc(Br)ccc2N)C1(C)C. The summed E-state index contributed by atoms with van der Waals surface area (Å²) >= 11 is 3.27. The molecule has 3 N–H and O–H groups in total. The fourth-order valence-electron chi connectivity index (χ4n) is 2.45. The van der Waals surface area contributed by atoms with E-state index in [1.54, 1.807) is 12.1 Å². The van der Waals surface area contributed by atoms with Gasteiger partial charge in [0, 0.05) is 10.5 Å². The number of sulfonamides is 1. The Morgan fingerprint density at radius 2 is 1.74 bits per heavy atom. The summed E-state index contributed by atoms with van der Waals surface area (Å²) in [7, 11) is -3.60. The molecule has 1 fully saturated rings. The lowest BCUT2D eigenvalue weighted by Crippen LogP contribution is -2.30. The van der Waals surface area contributed by atoms with Crippen LogP contribution in [-0.4, -0.2) is 14.5 Å². The van der Waals surface area contributed by atoms with Crippen LogP contribution in [0, 0.1) is 10.8 Å². The maximum atomic E-state index is 12.4. The minimum atomic E-state index is -3.60. The Morgan fingerprint density at radius 1 is 1.21 bits per heavy atom. The van der Waals surface area contributed by atoms with Crippen molar-refractivity contribution in [3.05, 3.63) is 22.7 Å². The van der Waals surface area contributed by atoms with Gasteiger partial charge in [-0.25, -0.2) is 13.1 Å². The maximum Gasteiger partial charge on any atom is 0.242 e. The largest absolute Gasteiger partial charge is 0.398 e. The standard InChI is InChI=1S/C13H19BrN2O2S/c1-12(2)11(13(12,3)4)16-19(17,18)10-7-8(14)5-6-9(10)15/h5-7,11,16H,15H2,1-4H3. The van der Waals surface area contributed by atoms with Crippen LogP contribution in [0.3, 0.4) is 0 Å². The molecule has 0 heterocycles. The van der Waals surface area contributed by atoms with E-state index < -0.39 is 10.0 Å². The lowest BCUT2D eigenvalue weighted by Gasteiger charge is -2.10. The fraction of sp³-hybridized carbons (Fsp3) is 0.538. The Hall–Kier alpha value is -0.590. The molecule has 1 saturated carbocycles. The Balaban J connectivity index is 2.33. The average Bonchev–Trinajstić information content (AvgIpc) is 2.64. The Bertz CT molecular complexity index is 610. The van der Waals surface area contributed by atoms with Crippen LogP contribution in [0.5, 0.6) is 0 Å². The molecule has 1 aromatic rings. The minimum Gasteiger partial charge on any atom is -0.398 e. The highest BCUT2D eigenvalue weighted by molar-refractivity contribution is 9.10. The predicted octanol–water partition coefficient (Wildman–Crippen LogP) is 2.74. The zero-order chi connectivity index (χ0) is 14.6. The van der Waals surface area contributed by atoms with Crippen LogP contribution in [-0.2, 0) is 10.0 Å². The Morgan fingerprint density at radius 3 is 2.21 bits per heavy atom. The summed E-state index contributed by atoms with van der Waals surface area (Å²) in [6.07, 6.45) is 0. The normalized spacial score (nSPS) is 21.3. The molecular formula is C13H19BrN2O2S. The highest BCUT2D eigenvalue weighted by atomic mass is 79.9. The zero-order valence-electron chi connectivity index (χ0n) is 11.5. The molecule has 0 radical (unpaired) electrons. The summed E-state index contributed by atoms with van der Waals surface area (Å²) < 4.78 is 28.3. The first-order valence-electron chi connectivity index (χ1n) is 6.07. The van der Waals surface area contributed by atoms with Crippen molar-refractivity contribution in [1.82, 2.24) is 4.72 Å². The van der Waals surface area contributed by atoms with E-state index >= 15 is 0 Å². The van der Waals surface area contributed by atoms with E-state index in [0.29, 0.717) is 4.47 Å². The van der Waals surface area contributed by atoms with Gasteiger partial charge in [-0.05, 0) is 29.0 Å². The Kier molecular flexibility index (Phi) is 3.27. The molecule has 0 bridgehead atoms. The van der Waals surface area contributed by atoms with Crippen molar-refractivity contribution < 1.29 is 8.42 Å². The van der Waals surface area contributed by atoms with Crippen LogP contribution < -0.4 is 10.5 Å². The van der Waals surface area contributed by atoms with Gasteiger partial charge in [-0.2, -0.15) is 0 Å². The third-order valence-electron chi connectivity index (χ3n) is 4.56. The molecular weight excluding hydrogens is 328 g/mol. The lowest BCUT2D eigenvalue weighted by atomic mass is 10.0. The van der Waals surface area contributed by atoms with Crippen molar-refractivity contribution in [2.45, 2.75) is 38.6 Å². The van der Waals surface area contributed by atoms with Crippen LogP contribution >= 0.6 is 15.9 Å². The number of hydrogen-bond donors (Lipinski definition) is 2. The fourth-order valence-corrected chi connectivity index (χ4v) is 4.65. The second-order valence-electron chi connectivity index (χ2n) is 6.18.